The Balaban J connectivity index is 2.01. The Bertz CT molecular complexity index is 569. The number of nitrogens with one attached hydrogen (secondary N) is 2. The van der Waals surface area contributed by atoms with Crippen LogP contribution in [-0.4, -0.2) is 43.7 Å². The van der Waals surface area contributed by atoms with E-state index in [0.29, 0.717) is 23.3 Å². The average molecular weight is 264 g/mol. The standard InChI is InChI=1S/C12H16N4O3/c1-7(17)13-3-2-10(18)11(19)8-4-9-12(14-5-8)16-6-15-9/h4-6,10-11,18-19H,2-3H2,1H3,(H,13,17)(H,14,15,16). The number of nitrogens with zero attached hydrogens (tertiary/aromatic N) is 2. The molecule has 1 amide bonds. The van der Waals surface area contributed by atoms with Gasteiger partial charge in [-0.1, -0.05) is 0 Å². The molecule has 2 unspecified atom stereocenters. The largest absolute Gasteiger partial charge is 0.390 e. The number of aromatic nitrogens is 3. The van der Waals surface area contributed by atoms with E-state index in [9.17, 15) is 15.0 Å². The summed E-state index contributed by atoms with van der Waals surface area (Å²) in [6, 6.07) is 1.70. The lowest BCUT2D eigenvalue weighted by Gasteiger charge is -2.17. The number of carbonyl (C=O) groups is 1. The zero-order chi connectivity index (χ0) is 13.8. The second-order valence-corrected chi connectivity index (χ2v) is 4.33. The summed E-state index contributed by atoms with van der Waals surface area (Å²) in [5.74, 6) is -0.165. The van der Waals surface area contributed by atoms with Crippen LogP contribution in [-0.2, 0) is 4.79 Å². The van der Waals surface area contributed by atoms with Crippen LogP contribution >= 0.6 is 0 Å². The number of aliphatic hydroxyl groups excluding tert-OH is 2. The maximum Gasteiger partial charge on any atom is 0.216 e. The minimum atomic E-state index is -1.05. The van der Waals surface area contributed by atoms with Gasteiger partial charge in [0.15, 0.2) is 5.65 Å². The molecule has 2 heterocycles. The molecule has 2 aromatic rings. The number of imidazole rings is 1. The highest BCUT2D eigenvalue weighted by Gasteiger charge is 2.19. The topological polar surface area (TPSA) is 111 Å². The lowest BCUT2D eigenvalue weighted by molar-refractivity contribution is -0.119. The van der Waals surface area contributed by atoms with Crippen molar-refractivity contribution in [3.63, 3.8) is 0 Å². The van der Waals surface area contributed by atoms with Crippen molar-refractivity contribution < 1.29 is 15.0 Å². The van der Waals surface area contributed by atoms with Gasteiger partial charge in [-0.05, 0) is 12.5 Å². The summed E-state index contributed by atoms with van der Waals surface area (Å²) in [6.07, 6.45) is 1.25. The molecule has 0 aliphatic rings. The van der Waals surface area contributed by atoms with Crippen molar-refractivity contribution >= 4 is 17.1 Å². The maximum atomic E-state index is 10.7. The Morgan fingerprint density at radius 2 is 2.26 bits per heavy atom. The number of hydrogen-bond donors (Lipinski definition) is 4. The summed E-state index contributed by atoms with van der Waals surface area (Å²) in [4.78, 5) is 21.6. The molecule has 0 aromatic carbocycles. The van der Waals surface area contributed by atoms with Crippen molar-refractivity contribution in [2.75, 3.05) is 6.54 Å². The normalized spacial score (nSPS) is 14.3. The highest BCUT2D eigenvalue weighted by Crippen LogP contribution is 2.20. The Labute approximate surface area is 109 Å². The van der Waals surface area contributed by atoms with E-state index in [1.165, 1.54) is 19.4 Å². The van der Waals surface area contributed by atoms with E-state index in [-0.39, 0.29) is 12.3 Å². The highest BCUT2D eigenvalue weighted by atomic mass is 16.3. The van der Waals surface area contributed by atoms with Crippen LogP contribution in [0, 0.1) is 0 Å². The van der Waals surface area contributed by atoms with Crippen LogP contribution in [0.2, 0.25) is 0 Å². The fourth-order valence-electron chi connectivity index (χ4n) is 1.78. The van der Waals surface area contributed by atoms with Gasteiger partial charge < -0.3 is 20.5 Å². The number of pyridine rings is 1. The molecule has 0 aliphatic heterocycles. The average Bonchev–Trinajstić information content (AvgIpc) is 2.84. The maximum absolute atomic E-state index is 10.7. The lowest BCUT2D eigenvalue weighted by atomic mass is 10.0. The Kier molecular flexibility index (Phi) is 4.08. The van der Waals surface area contributed by atoms with E-state index in [0.717, 1.165) is 0 Å². The van der Waals surface area contributed by atoms with Gasteiger partial charge in [-0.3, -0.25) is 4.79 Å². The van der Waals surface area contributed by atoms with Crippen LogP contribution < -0.4 is 5.32 Å². The number of amides is 1. The first kappa shape index (κ1) is 13.4. The van der Waals surface area contributed by atoms with Crippen molar-refractivity contribution in [1.82, 2.24) is 20.3 Å². The molecule has 2 rings (SSSR count). The lowest BCUT2D eigenvalue weighted by Crippen LogP contribution is -2.27. The number of fused-ring (bicyclic) bond motifs is 1. The van der Waals surface area contributed by atoms with E-state index in [1.54, 1.807) is 6.07 Å². The first-order valence-electron chi connectivity index (χ1n) is 5.97. The molecule has 19 heavy (non-hydrogen) atoms. The van der Waals surface area contributed by atoms with Gasteiger partial charge in [-0.2, -0.15) is 0 Å². The molecule has 102 valence electrons. The molecular formula is C12H16N4O3. The van der Waals surface area contributed by atoms with Crippen molar-refractivity contribution in [2.24, 2.45) is 0 Å². The molecule has 0 spiro atoms. The second kappa shape index (κ2) is 5.77. The molecule has 0 fully saturated rings. The van der Waals surface area contributed by atoms with E-state index >= 15 is 0 Å². The minimum Gasteiger partial charge on any atom is -0.390 e. The van der Waals surface area contributed by atoms with Crippen LogP contribution in [0.1, 0.15) is 25.0 Å². The first-order valence-corrected chi connectivity index (χ1v) is 5.97. The fraction of sp³-hybridized carbons (Fsp3) is 0.417. The molecule has 0 saturated carbocycles. The van der Waals surface area contributed by atoms with Gasteiger partial charge in [0, 0.05) is 25.2 Å². The van der Waals surface area contributed by atoms with E-state index in [2.05, 4.69) is 20.3 Å². The smallest absolute Gasteiger partial charge is 0.216 e. The molecule has 0 radical (unpaired) electrons. The summed E-state index contributed by atoms with van der Waals surface area (Å²) in [7, 11) is 0. The van der Waals surface area contributed by atoms with Gasteiger partial charge in [0.25, 0.3) is 0 Å². The first-order chi connectivity index (χ1) is 9.08. The van der Waals surface area contributed by atoms with Gasteiger partial charge in [0.2, 0.25) is 5.91 Å². The molecule has 0 bridgehead atoms. The SMILES string of the molecule is CC(=O)NCCC(O)C(O)c1cnc2nc[nH]c2c1. The van der Waals surface area contributed by atoms with Gasteiger partial charge in [0.1, 0.15) is 6.10 Å². The number of aliphatic hydroxyl groups is 2. The molecule has 2 aromatic heterocycles. The van der Waals surface area contributed by atoms with Gasteiger partial charge in [0.05, 0.1) is 17.9 Å². The van der Waals surface area contributed by atoms with Crippen molar-refractivity contribution in [1.29, 1.82) is 0 Å². The second-order valence-electron chi connectivity index (χ2n) is 4.33. The van der Waals surface area contributed by atoms with Gasteiger partial charge >= 0.3 is 0 Å². The predicted octanol–water partition coefficient (Wildman–Crippen LogP) is -0.122. The van der Waals surface area contributed by atoms with Crippen LogP contribution in [0.15, 0.2) is 18.6 Å². The molecule has 2 atom stereocenters. The third kappa shape index (κ3) is 3.27. The number of aromatic amines is 1. The summed E-state index contributed by atoms with van der Waals surface area (Å²) >= 11 is 0. The van der Waals surface area contributed by atoms with Crippen molar-refractivity contribution in [3.8, 4) is 0 Å². The highest BCUT2D eigenvalue weighted by molar-refractivity contribution is 5.72. The Morgan fingerprint density at radius 1 is 1.47 bits per heavy atom. The summed E-state index contributed by atoms with van der Waals surface area (Å²) in [6.45, 7) is 1.71. The summed E-state index contributed by atoms with van der Waals surface area (Å²) in [5.41, 5.74) is 1.77. The summed E-state index contributed by atoms with van der Waals surface area (Å²) < 4.78 is 0. The van der Waals surface area contributed by atoms with Crippen LogP contribution in [0.3, 0.4) is 0 Å². The Hall–Kier alpha value is -1.99. The predicted molar refractivity (Wildman–Crippen MR) is 68.2 cm³/mol. The number of H-pyrrole nitrogens is 1. The quantitative estimate of drug-likeness (QED) is 0.601. The van der Waals surface area contributed by atoms with Crippen molar-refractivity contribution in [3.05, 3.63) is 24.2 Å². The molecule has 0 aliphatic carbocycles. The van der Waals surface area contributed by atoms with E-state index in [4.69, 9.17) is 0 Å². The van der Waals surface area contributed by atoms with Crippen LogP contribution in [0.5, 0.6) is 0 Å². The third-order valence-corrected chi connectivity index (χ3v) is 2.81. The zero-order valence-electron chi connectivity index (χ0n) is 10.5. The van der Waals surface area contributed by atoms with Crippen LogP contribution in [0.4, 0.5) is 0 Å². The van der Waals surface area contributed by atoms with Crippen LogP contribution in [0.25, 0.3) is 11.2 Å². The molecule has 7 nitrogen and oxygen atoms in total. The monoisotopic (exact) mass is 264 g/mol. The molecule has 0 saturated heterocycles. The van der Waals surface area contributed by atoms with Gasteiger partial charge in [-0.25, -0.2) is 9.97 Å². The molecular weight excluding hydrogens is 248 g/mol. The number of hydrogen-bond acceptors (Lipinski definition) is 5. The van der Waals surface area contributed by atoms with E-state index in [1.807, 2.05) is 0 Å². The minimum absolute atomic E-state index is 0.165. The van der Waals surface area contributed by atoms with Gasteiger partial charge in [-0.15, -0.1) is 0 Å². The fourth-order valence-corrected chi connectivity index (χ4v) is 1.78. The number of rotatable bonds is 5. The number of carbonyl (C=O) groups excluding carboxylic acids is 1. The Morgan fingerprint density at radius 3 is 3.00 bits per heavy atom. The van der Waals surface area contributed by atoms with Crippen molar-refractivity contribution in [2.45, 2.75) is 25.6 Å². The summed E-state index contributed by atoms with van der Waals surface area (Å²) in [5, 5.41) is 22.4. The third-order valence-electron chi connectivity index (χ3n) is 2.81. The van der Waals surface area contributed by atoms with E-state index < -0.39 is 12.2 Å². The molecule has 7 heteroatoms. The zero-order valence-corrected chi connectivity index (χ0v) is 10.5. The molecule has 4 N–H and O–H groups in total.